The van der Waals surface area contributed by atoms with Crippen LogP contribution in [0.15, 0.2) is 101 Å². The number of anilines is 2. The highest BCUT2D eigenvalue weighted by atomic mass is 32.2. The first-order valence-electron chi connectivity index (χ1n) is 13.9. The van der Waals surface area contributed by atoms with Crippen LogP contribution in [0.4, 0.5) is 11.5 Å². The van der Waals surface area contributed by atoms with Crippen molar-refractivity contribution < 1.29 is 16.8 Å². The number of fused-ring (bicyclic) bond motifs is 1. The summed E-state index contributed by atoms with van der Waals surface area (Å²) in [6.07, 6.45) is 7.65. The van der Waals surface area contributed by atoms with Crippen molar-refractivity contribution in [3.05, 3.63) is 113 Å². The van der Waals surface area contributed by atoms with E-state index in [1.165, 1.54) is 16.7 Å². The molecule has 0 amide bonds. The van der Waals surface area contributed by atoms with Gasteiger partial charge in [-0.1, -0.05) is 29.8 Å². The number of aromatic nitrogens is 5. The molecule has 0 aliphatic rings. The molecule has 0 radical (unpaired) electrons. The van der Waals surface area contributed by atoms with Crippen molar-refractivity contribution in [1.82, 2.24) is 23.3 Å². The number of rotatable bonds is 8. The van der Waals surface area contributed by atoms with E-state index in [2.05, 4.69) is 15.4 Å². The molecule has 4 heterocycles. The molecule has 0 saturated heterocycles. The van der Waals surface area contributed by atoms with Crippen molar-refractivity contribution in [1.29, 1.82) is 0 Å². The minimum Gasteiger partial charge on any atom is -0.340 e. The lowest BCUT2D eigenvalue weighted by molar-refractivity contribution is 0.589. The molecule has 2 aromatic carbocycles. The van der Waals surface area contributed by atoms with E-state index in [1.807, 2.05) is 13.0 Å². The summed E-state index contributed by atoms with van der Waals surface area (Å²) in [4.78, 5) is 18.3. The van der Waals surface area contributed by atoms with Crippen LogP contribution in [0.2, 0.25) is 0 Å². The number of sulfone groups is 1. The molecule has 6 rings (SSSR count). The van der Waals surface area contributed by atoms with Crippen LogP contribution in [0.5, 0.6) is 0 Å². The third-order valence-electron chi connectivity index (χ3n) is 7.38. The topological polar surface area (TPSA) is 138 Å². The molecule has 45 heavy (non-hydrogen) atoms. The molecule has 4 aromatic heterocycles. The van der Waals surface area contributed by atoms with Gasteiger partial charge in [0.1, 0.15) is 11.3 Å². The summed E-state index contributed by atoms with van der Waals surface area (Å²) >= 11 is 0. The summed E-state index contributed by atoms with van der Waals surface area (Å²) in [5.41, 5.74) is 3.26. The molecule has 11 nitrogen and oxygen atoms in total. The van der Waals surface area contributed by atoms with Gasteiger partial charge < -0.3 is 9.88 Å². The van der Waals surface area contributed by atoms with Crippen LogP contribution >= 0.6 is 0 Å². The Morgan fingerprint density at radius 3 is 2.29 bits per heavy atom. The van der Waals surface area contributed by atoms with Gasteiger partial charge in [-0.3, -0.25) is 9.48 Å². The maximum absolute atomic E-state index is 14.4. The lowest BCUT2D eigenvalue weighted by Crippen LogP contribution is -2.23. The van der Waals surface area contributed by atoms with Crippen LogP contribution in [-0.4, -0.2) is 46.4 Å². The smallest absolute Gasteiger partial charge is 0.275 e. The summed E-state index contributed by atoms with van der Waals surface area (Å²) in [6, 6.07) is 18.7. The molecule has 0 spiro atoms. The first-order chi connectivity index (χ1) is 21.3. The van der Waals surface area contributed by atoms with Gasteiger partial charge in [-0.2, -0.15) is 5.10 Å². The standard InChI is InChI=1S/C32H30N6O5S2/c1-21-8-11-24(12-9-21)45(42,43)38-29(23-17-34-37(3)18-23)16-26-27(19-36(2)32(39)31(26)38)25-15-22(20-44(4,40)41)10-13-28(25)35-30-7-5-6-14-33-30/h5-19H,20H2,1-4H3,(H,33,35). The zero-order chi connectivity index (χ0) is 32.1. The van der Waals surface area contributed by atoms with Gasteiger partial charge >= 0.3 is 0 Å². The molecule has 0 aliphatic carbocycles. The number of hydrogen-bond donors (Lipinski definition) is 1. The van der Waals surface area contributed by atoms with Gasteiger partial charge in [-0.15, -0.1) is 0 Å². The fourth-order valence-corrected chi connectivity index (χ4v) is 7.62. The van der Waals surface area contributed by atoms with Gasteiger partial charge in [0.15, 0.2) is 9.84 Å². The van der Waals surface area contributed by atoms with Gasteiger partial charge in [-0.05, 0) is 55.0 Å². The van der Waals surface area contributed by atoms with E-state index in [0.717, 1.165) is 15.8 Å². The van der Waals surface area contributed by atoms with Crippen LogP contribution in [0, 0.1) is 6.92 Å². The van der Waals surface area contributed by atoms with Crippen LogP contribution in [0.3, 0.4) is 0 Å². The molecule has 13 heteroatoms. The minimum absolute atomic E-state index is 0.0239. The summed E-state index contributed by atoms with van der Waals surface area (Å²) in [7, 11) is -4.38. The first kappa shape index (κ1) is 30.0. The number of nitrogens with one attached hydrogen (secondary N) is 1. The van der Waals surface area contributed by atoms with E-state index in [-0.39, 0.29) is 21.9 Å². The monoisotopic (exact) mass is 642 g/mol. The van der Waals surface area contributed by atoms with Gasteiger partial charge in [0.05, 0.1) is 22.5 Å². The van der Waals surface area contributed by atoms with Crippen molar-refractivity contribution in [3.8, 4) is 22.4 Å². The second-order valence-electron chi connectivity index (χ2n) is 11.0. The van der Waals surface area contributed by atoms with Gasteiger partial charge in [0, 0.05) is 66.7 Å². The fraction of sp³-hybridized carbons (Fsp3) is 0.156. The highest BCUT2D eigenvalue weighted by Crippen LogP contribution is 2.39. The molecule has 0 bridgehead atoms. The molecule has 1 N–H and O–H groups in total. The van der Waals surface area contributed by atoms with Crippen molar-refractivity contribution in [3.63, 3.8) is 0 Å². The van der Waals surface area contributed by atoms with Crippen molar-refractivity contribution in [2.45, 2.75) is 17.6 Å². The molecule has 0 unspecified atom stereocenters. The Bertz CT molecular complexity index is 2360. The number of hydrogen-bond acceptors (Lipinski definition) is 8. The largest absolute Gasteiger partial charge is 0.340 e. The molecule has 0 atom stereocenters. The normalized spacial score (nSPS) is 12.1. The zero-order valence-corrected chi connectivity index (χ0v) is 26.6. The summed E-state index contributed by atoms with van der Waals surface area (Å²) < 4.78 is 57.2. The van der Waals surface area contributed by atoms with Gasteiger partial charge in [-0.25, -0.2) is 25.8 Å². The molecule has 0 fully saturated rings. The number of aryl methyl sites for hydroxylation is 3. The van der Waals surface area contributed by atoms with Crippen molar-refractivity contribution in [2.24, 2.45) is 14.1 Å². The molecule has 6 aromatic rings. The quantitative estimate of drug-likeness (QED) is 0.254. The maximum atomic E-state index is 14.4. The Hall–Kier alpha value is -5.01. The Labute approximate surface area is 260 Å². The molecular formula is C32H30N6O5S2. The number of nitrogens with zero attached hydrogens (tertiary/aromatic N) is 5. The number of pyridine rings is 2. The Balaban J connectivity index is 1.70. The van der Waals surface area contributed by atoms with Crippen LogP contribution in [-0.2, 0) is 39.7 Å². The maximum Gasteiger partial charge on any atom is 0.275 e. The molecular weight excluding hydrogens is 613 g/mol. The summed E-state index contributed by atoms with van der Waals surface area (Å²) in [5.74, 6) is 0.342. The van der Waals surface area contributed by atoms with Gasteiger partial charge in [0.25, 0.3) is 15.6 Å². The van der Waals surface area contributed by atoms with Crippen LogP contribution in [0.25, 0.3) is 33.3 Å². The van der Waals surface area contributed by atoms with Gasteiger partial charge in [0.2, 0.25) is 0 Å². The average Bonchev–Trinajstić information content (AvgIpc) is 3.60. The van der Waals surface area contributed by atoms with Crippen molar-refractivity contribution in [2.75, 3.05) is 11.6 Å². The minimum atomic E-state index is -4.28. The van der Waals surface area contributed by atoms with Crippen LogP contribution < -0.4 is 10.9 Å². The third-order valence-corrected chi connectivity index (χ3v) is 9.97. The summed E-state index contributed by atoms with van der Waals surface area (Å²) in [6.45, 7) is 1.86. The molecule has 0 saturated carbocycles. The zero-order valence-electron chi connectivity index (χ0n) is 25.0. The SMILES string of the molecule is Cc1ccc(S(=O)(=O)n2c(-c3cnn(C)c3)cc3c(-c4cc(CS(C)(=O)=O)ccc4Nc4ccccn4)cn(C)c(=O)c32)cc1. The highest BCUT2D eigenvalue weighted by Gasteiger charge is 2.29. The van der Waals surface area contributed by atoms with E-state index in [0.29, 0.717) is 39.1 Å². The molecule has 0 aliphatic heterocycles. The average molecular weight is 643 g/mol. The van der Waals surface area contributed by atoms with E-state index in [4.69, 9.17) is 0 Å². The Morgan fingerprint density at radius 1 is 0.889 bits per heavy atom. The Morgan fingerprint density at radius 2 is 1.64 bits per heavy atom. The lowest BCUT2D eigenvalue weighted by Gasteiger charge is -2.16. The lowest BCUT2D eigenvalue weighted by atomic mass is 9.99. The van der Waals surface area contributed by atoms with Crippen molar-refractivity contribution >= 4 is 42.3 Å². The summed E-state index contributed by atoms with van der Waals surface area (Å²) in [5, 5.41) is 7.91. The molecule has 230 valence electrons. The van der Waals surface area contributed by atoms with E-state index < -0.39 is 25.4 Å². The third kappa shape index (κ3) is 5.79. The van der Waals surface area contributed by atoms with E-state index >= 15 is 0 Å². The predicted molar refractivity (Wildman–Crippen MR) is 175 cm³/mol. The van der Waals surface area contributed by atoms with Crippen LogP contribution in [0.1, 0.15) is 11.1 Å². The number of benzene rings is 2. The highest BCUT2D eigenvalue weighted by molar-refractivity contribution is 7.90. The Kier molecular flexibility index (Phi) is 7.45. The first-order valence-corrected chi connectivity index (χ1v) is 17.4. The fourth-order valence-electron chi connectivity index (χ4n) is 5.31. The van der Waals surface area contributed by atoms with E-state index in [9.17, 15) is 21.6 Å². The van der Waals surface area contributed by atoms with E-state index in [1.54, 1.807) is 92.1 Å². The second kappa shape index (κ2) is 11.2. The predicted octanol–water partition coefficient (Wildman–Crippen LogP) is 4.64. The second-order valence-corrected chi connectivity index (χ2v) is 15.0.